The van der Waals surface area contributed by atoms with E-state index in [1.165, 1.54) is 31.0 Å². The van der Waals surface area contributed by atoms with Gasteiger partial charge in [0.25, 0.3) is 5.91 Å². The van der Waals surface area contributed by atoms with Crippen molar-refractivity contribution in [1.29, 1.82) is 0 Å². The topological polar surface area (TPSA) is 55.3 Å². The lowest BCUT2D eigenvalue weighted by Gasteiger charge is -2.35. The number of benzene rings is 2. The fourth-order valence-corrected chi connectivity index (χ4v) is 6.15. The highest BCUT2D eigenvalue weighted by atomic mass is 32.1. The molecule has 1 aliphatic carbocycles. The summed E-state index contributed by atoms with van der Waals surface area (Å²) in [6.07, 6.45) is 10.8. The second-order valence-corrected chi connectivity index (χ2v) is 9.98. The molecule has 0 atom stereocenters. The number of methoxy groups -OCH3 is 1. The van der Waals surface area contributed by atoms with Crippen LogP contribution in [0.2, 0.25) is 0 Å². The van der Waals surface area contributed by atoms with Gasteiger partial charge in [0.05, 0.1) is 12.0 Å². The molecule has 2 aromatic carbocycles. The molecule has 0 N–H and O–H groups in total. The van der Waals surface area contributed by atoms with Crippen LogP contribution in [-0.2, 0) is 6.54 Å². The molecule has 36 heavy (non-hydrogen) atoms. The van der Waals surface area contributed by atoms with Crippen molar-refractivity contribution in [2.75, 3.05) is 7.11 Å². The van der Waals surface area contributed by atoms with Crippen molar-refractivity contribution in [2.24, 2.45) is 0 Å². The average molecular weight is 502 g/mol. The van der Waals surface area contributed by atoms with Crippen molar-refractivity contribution < 1.29 is 9.53 Å². The van der Waals surface area contributed by atoms with E-state index in [0.29, 0.717) is 6.54 Å². The van der Waals surface area contributed by atoms with Crippen molar-refractivity contribution in [3.05, 3.63) is 77.2 Å². The molecule has 1 aliphatic rings. The van der Waals surface area contributed by atoms with Crippen LogP contribution >= 0.6 is 11.3 Å². The van der Waals surface area contributed by atoms with E-state index in [1.807, 2.05) is 50.5 Å². The lowest BCUT2D eigenvalue weighted by molar-refractivity contribution is 0.0617. The molecule has 6 heteroatoms. The predicted molar refractivity (Wildman–Crippen MR) is 149 cm³/mol. The van der Waals surface area contributed by atoms with Crippen LogP contribution in [-0.4, -0.2) is 33.9 Å². The van der Waals surface area contributed by atoms with Gasteiger partial charge in [0, 0.05) is 40.8 Å². The predicted octanol–water partition coefficient (Wildman–Crippen LogP) is 7.68. The fraction of sp³-hybridized carbons (Fsp3) is 0.367. The van der Waals surface area contributed by atoms with Gasteiger partial charge < -0.3 is 9.64 Å². The molecular weight excluding hydrogens is 466 g/mol. The summed E-state index contributed by atoms with van der Waals surface area (Å²) < 4.78 is 6.88. The number of aromatic nitrogens is 2. The van der Waals surface area contributed by atoms with Crippen molar-refractivity contribution in [3.63, 3.8) is 0 Å². The van der Waals surface area contributed by atoms with Gasteiger partial charge in [0.15, 0.2) is 0 Å². The van der Waals surface area contributed by atoms with E-state index in [9.17, 15) is 4.79 Å². The molecule has 5 nitrogen and oxygen atoms in total. The van der Waals surface area contributed by atoms with Gasteiger partial charge in [-0.25, -0.2) is 9.97 Å². The number of carbonyl (C=O) groups is 1. The van der Waals surface area contributed by atoms with Crippen LogP contribution in [0.15, 0.2) is 61.2 Å². The van der Waals surface area contributed by atoms with E-state index in [0.717, 1.165) is 50.4 Å². The minimum atomic E-state index is 0.126. The van der Waals surface area contributed by atoms with Gasteiger partial charge in [-0.1, -0.05) is 57.4 Å². The maximum Gasteiger partial charge on any atom is 0.264 e. The highest BCUT2D eigenvalue weighted by molar-refractivity contribution is 7.21. The first-order chi connectivity index (χ1) is 17.7. The standard InChI is InChI=1S/C28H29N3O2S.C2H6/c1-19-24-10-6-7-11-26(24)34-27(19)28(32)31(23-8-4-3-5-9-23)17-21-14-20(12-13-25(21)33-2)22-15-29-18-30-16-22;1-2/h6-7,10-16,18,23H,3-5,8-9,17H2,1-2H3;1-2H3. The summed E-state index contributed by atoms with van der Waals surface area (Å²) in [5.74, 6) is 0.920. The second kappa shape index (κ2) is 12.1. The van der Waals surface area contributed by atoms with E-state index in [1.54, 1.807) is 18.4 Å². The number of hydrogen-bond donors (Lipinski definition) is 0. The summed E-state index contributed by atoms with van der Waals surface area (Å²) in [5, 5.41) is 1.17. The van der Waals surface area contributed by atoms with Crippen LogP contribution in [0.4, 0.5) is 0 Å². The minimum Gasteiger partial charge on any atom is -0.496 e. The maximum atomic E-state index is 14.1. The summed E-state index contributed by atoms with van der Waals surface area (Å²) in [6.45, 7) is 6.59. The number of rotatable bonds is 6. The Morgan fingerprint density at radius 1 is 1.03 bits per heavy atom. The molecule has 0 bridgehead atoms. The quantitative estimate of drug-likeness (QED) is 0.272. The number of hydrogen-bond acceptors (Lipinski definition) is 5. The Bertz CT molecular complexity index is 1300. The molecule has 5 rings (SSSR count). The molecule has 2 heterocycles. The SMILES string of the molecule is CC.COc1ccc(-c2cncnc2)cc1CN(C(=O)c1sc2ccccc2c1C)C1CCCCC1. The summed E-state index contributed by atoms with van der Waals surface area (Å²) >= 11 is 1.61. The zero-order chi connectivity index (χ0) is 25.5. The van der Waals surface area contributed by atoms with Gasteiger partial charge in [-0.2, -0.15) is 0 Å². The number of aryl methyl sites for hydroxylation is 1. The molecule has 0 aliphatic heterocycles. The molecule has 0 radical (unpaired) electrons. The molecule has 188 valence electrons. The number of nitrogens with zero attached hydrogens (tertiary/aromatic N) is 3. The molecule has 1 fully saturated rings. The lowest BCUT2D eigenvalue weighted by atomic mass is 9.93. The Balaban J connectivity index is 0.00000148. The van der Waals surface area contributed by atoms with E-state index >= 15 is 0 Å². The molecular formula is C30H35N3O2S. The van der Waals surface area contributed by atoms with Gasteiger partial charge in [0.2, 0.25) is 0 Å². The Hall–Kier alpha value is -3.25. The second-order valence-electron chi connectivity index (χ2n) is 8.93. The zero-order valence-electron chi connectivity index (χ0n) is 21.7. The largest absolute Gasteiger partial charge is 0.496 e. The summed E-state index contributed by atoms with van der Waals surface area (Å²) in [7, 11) is 1.69. The minimum absolute atomic E-state index is 0.126. The smallest absolute Gasteiger partial charge is 0.264 e. The Morgan fingerprint density at radius 2 is 1.75 bits per heavy atom. The molecule has 4 aromatic rings. The third-order valence-electron chi connectivity index (χ3n) is 6.83. The third-order valence-corrected chi connectivity index (χ3v) is 8.09. The average Bonchev–Trinajstić information content (AvgIpc) is 3.29. The van der Waals surface area contributed by atoms with Crippen LogP contribution in [0.25, 0.3) is 21.2 Å². The molecule has 0 spiro atoms. The number of fused-ring (bicyclic) bond motifs is 1. The molecule has 0 unspecified atom stereocenters. The first-order valence-corrected chi connectivity index (χ1v) is 13.7. The number of carbonyl (C=O) groups excluding carboxylic acids is 1. The Kier molecular flexibility index (Phi) is 8.70. The van der Waals surface area contributed by atoms with Gasteiger partial charge in [0.1, 0.15) is 12.1 Å². The van der Waals surface area contributed by atoms with Gasteiger partial charge in [-0.15, -0.1) is 11.3 Å². The van der Waals surface area contributed by atoms with E-state index < -0.39 is 0 Å². The van der Waals surface area contributed by atoms with Gasteiger partial charge in [-0.3, -0.25) is 4.79 Å². The third kappa shape index (κ3) is 5.44. The molecule has 1 amide bonds. The summed E-state index contributed by atoms with van der Waals surface area (Å²) in [6, 6.07) is 14.6. The normalized spacial score (nSPS) is 13.7. The van der Waals surface area contributed by atoms with Gasteiger partial charge in [-0.05, 0) is 54.5 Å². The van der Waals surface area contributed by atoms with Crippen LogP contribution in [0.1, 0.15) is 66.8 Å². The maximum absolute atomic E-state index is 14.1. The van der Waals surface area contributed by atoms with Crippen LogP contribution in [0.5, 0.6) is 5.75 Å². The Morgan fingerprint density at radius 3 is 2.44 bits per heavy atom. The monoisotopic (exact) mass is 501 g/mol. The van der Waals surface area contributed by atoms with E-state index in [2.05, 4.69) is 40.0 Å². The lowest BCUT2D eigenvalue weighted by Crippen LogP contribution is -2.41. The van der Waals surface area contributed by atoms with Crippen LogP contribution in [0.3, 0.4) is 0 Å². The van der Waals surface area contributed by atoms with Crippen molar-refractivity contribution in [3.8, 4) is 16.9 Å². The zero-order valence-corrected chi connectivity index (χ0v) is 22.5. The fourth-order valence-electron chi connectivity index (χ4n) is 4.98. The Labute approximate surface area is 218 Å². The number of ether oxygens (including phenoxy) is 1. The highest BCUT2D eigenvalue weighted by Gasteiger charge is 2.29. The van der Waals surface area contributed by atoms with Crippen molar-refractivity contribution in [1.82, 2.24) is 14.9 Å². The summed E-state index contributed by atoms with van der Waals surface area (Å²) in [4.78, 5) is 25.3. The molecule has 0 saturated heterocycles. The molecule has 1 saturated carbocycles. The van der Waals surface area contributed by atoms with Crippen molar-refractivity contribution >= 4 is 27.3 Å². The van der Waals surface area contributed by atoms with Crippen LogP contribution < -0.4 is 4.74 Å². The van der Waals surface area contributed by atoms with Gasteiger partial charge >= 0.3 is 0 Å². The van der Waals surface area contributed by atoms with E-state index in [-0.39, 0.29) is 11.9 Å². The summed E-state index contributed by atoms with van der Waals surface area (Å²) in [5.41, 5.74) is 4.04. The van der Waals surface area contributed by atoms with E-state index in [4.69, 9.17) is 4.74 Å². The number of thiophene rings is 1. The van der Waals surface area contributed by atoms with Crippen molar-refractivity contribution in [2.45, 2.75) is 65.5 Å². The highest BCUT2D eigenvalue weighted by Crippen LogP contribution is 2.35. The first kappa shape index (κ1) is 25.8. The molecule has 2 aromatic heterocycles. The first-order valence-electron chi connectivity index (χ1n) is 12.9. The number of amides is 1. The van der Waals surface area contributed by atoms with Crippen LogP contribution in [0, 0.1) is 6.92 Å².